The number of nitrogens with zero attached hydrogens (tertiary/aromatic N) is 2. The van der Waals surface area contributed by atoms with Gasteiger partial charge in [-0.2, -0.15) is 5.26 Å². The molecule has 0 radical (unpaired) electrons. The first-order chi connectivity index (χ1) is 8.20. The summed E-state index contributed by atoms with van der Waals surface area (Å²) in [5.41, 5.74) is 2.08. The lowest BCUT2D eigenvalue weighted by molar-refractivity contribution is 1.19. The number of halogens is 1. The van der Waals surface area contributed by atoms with Crippen molar-refractivity contribution in [3.05, 3.63) is 52.7 Å². The standard InChI is InChI=1S/C13H10ClN3/c1-9-6-7-10(8-15)13(16-9)17-12-5-3-2-4-11(12)14/h2-7H,1H3,(H,16,17). The number of hydrogen-bond donors (Lipinski definition) is 1. The molecule has 0 saturated carbocycles. The number of nitriles is 1. The number of aromatic nitrogens is 1. The Kier molecular flexibility index (Phi) is 3.27. The zero-order chi connectivity index (χ0) is 12.3. The second-order valence-electron chi connectivity index (χ2n) is 3.57. The summed E-state index contributed by atoms with van der Waals surface area (Å²) in [4.78, 5) is 4.29. The van der Waals surface area contributed by atoms with E-state index < -0.39 is 0 Å². The summed E-state index contributed by atoms with van der Waals surface area (Å²) in [5.74, 6) is 0.528. The maximum atomic E-state index is 8.99. The second-order valence-corrected chi connectivity index (χ2v) is 3.97. The van der Waals surface area contributed by atoms with Crippen LogP contribution in [0.3, 0.4) is 0 Å². The molecule has 0 unspecified atom stereocenters. The number of para-hydroxylation sites is 1. The maximum Gasteiger partial charge on any atom is 0.148 e. The van der Waals surface area contributed by atoms with Crippen LogP contribution in [-0.4, -0.2) is 4.98 Å². The molecule has 1 aromatic carbocycles. The van der Waals surface area contributed by atoms with Gasteiger partial charge in [-0.05, 0) is 31.2 Å². The molecule has 17 heavy (non-hydrogen) atoms. The average molecular weight is 244 g/mol. The molecular formula is C13H10ClN3. The van der Waals surface area contributed by atoms with Gasteiger partial charge >= 0.3 is 0 Å². The van der Waals surface area contributed by atoms with E-state index in [0.29, 0.717) is 16.4 Å². The number of pyridine rings is 1. The van der Waals surface area contributed by atoms with E-state index in [-0.39, 0.29) is 0 Å². The molecule has 0 bridgehead atoms. The Labute approximate surface area is 105 Å². The van der Waals surface area contributed by atoms with Gasteiger partial charge in [-0.25, -0.2) is 4.98 Å². The van der Waals surface area contributed by atoms with Gasteiger partial charge in [0.2, 0.25) is 0 Å². The summed E-state index contributed by atoms with van der Waals surface area (Å²) in [6, 6.07) is 13.0. The molecule has 2 aromatic rings. The van der Waals surface area contributed by atoms with Crippen LogP contribution in [-0.2, 0) is 0 Å². The van der Waals surface area contributed by atoms with Gasteiger partial charge in [0.1, 0.15) is 11.9 Å². The quantitative estimate of drug-likeness (QED) is 0.876. The predicted molar refractivity (Wildman–Crippen MR) is 68.4 cm³/mol. The van der Waals surface area contributed by atoms with Gasteiger partial charge in [0.25, 0.3) is 0 Å². The Bertz CT molecular complexity index is 587. The highest BCUT2D eigenvalue weighted by molar-refractivity contribution is 6.33. The Morgan fingerprint density at radius 3 is 2.71 bits per heavy atom. The Balaban J connectivity index is 2.40. The van der Waals surface area contributed by atoms with Crippen molar-refractivity contribution in [2.45, 2.75) is 6.92 Å². The number of anilines is 2. The maximum absolute atomic E-state index is 8.99. The van der Waals surface area contributed by atoms with Crippen molar-refractivity contribution < 1.29 is 0 Å². The van der Waals surface area contributed by atoms with E-state index in [0.717, 1.165) is 11.4 Å². The lowest BCUT2D eigenvalue weighted by Crippen LogP contribution is -1.98. The summed E-state index contributed by atoms with van der Waals surface area (Å²) < 4.78 is 0. The summed E-state index contributed by atoms with van der Waals surface area (Å²) in [5, 5.41) is 12.7. The van der Waals surface area contributed by atoms with Crippen molar-refractivity contribution in [3.63, 3.8) is 0 Å². The second kappa shape index (κ2) is 4.86. The normalized spacial score (nSPS) is 9.71. The largest absolute Gasteiger partial charge is 0.338 e. The van der Waals surface area contributed by atoms with Crippen LogP contribution in [0.4, 0.5) is 11.5 Å². The van der Waals surface area contributed by atoms with Gasteiger partial charge in [-0.1, -0.05) is 23.7 Å². The first kappa shape index (κ1) is 11.4. The van der Waals surface area contributed by atoms with Gasteiger partial charge in [0, 0.05) is 5.69 Å². The topological polar surface area (TPSA) is 48.7 Å². The fraction of sp³-hybridized carbons (Fsp3) is 0.0769. The van der Waals surface area contributed by atoms with Gasteiger partial charge in [-0.3, -0.25) is 0 Å². The van der Waals surface area contributed by atoms with E-state index in [4.69, 9.17) is 16.9 Å². The van der Waals surface area contributed by atoms with Gasteiger partial charge in [0.05, 0.1) is 16.3 Å². The highest BCUT2D eigenvalue weighted by Crippen LogP contribution is 2.25. The smallest absolute Gasteiger partial charge is 0.148 e. The van der Waals surface area contributed by atoms with E-state index in [1.165, 1.54) is 0 Å². The van der Waals surface area contributed by atoms with Crippen LogP contribution < -0.4 is 5.32 Å². The van der Waals surface area contributed by atoms with Gasteiger partial charge in [0.15, 0.2) is 0 Å². The lowest BCUT2D eigenvalue weighted by Gasteiger charge is -2.09. The van der Waals surface area contributed by atoms with Crippen LogP contribution in [0.2, 0.25) is 5.02 Å². The van der Waals surface area contributed by atoms with E-state index in [1.807, 2.05) is 25.1 Å². The fourth-order valence-electron chi connectivity index (χ4n) is 1.43. The molecule has 84 valence electrons. The van der Waals surface area contributed by atoms with E-state index >= 15 is 0 Å². The van der Waals surface area contributed by atoms with Gasteiger partial charge < -0.3 is 5.32 Å². The molecule has 0 saturated heterocycles. The fourth-order valence-corrected chi connectivity index (χ4v) is 1.62. The van der Waals surface area contributed by atoms with Crippen LogP contribution in [0.5, 0.6) is 0 Å². The average Bonchev–Trinajstić information content (AvgIpc) is 2.32. The summed E-state index contributed by atoms with van der Waals surface area (Å²) in [6.07, 6.45) is 0. The molecule has 0 spiro atoms. The molecule has 0 aliphatic rings. The molecule has 0 amide bonds. The number of aryl methyl sites for hydroxylation is 1. The lowest BCUT2D eigenvalue weighted by atomic mass is 10.2. The molecule has 1 heterocycles. The van der Waals surface area contributed by atoms with Crippen LogP contribution in [0.1, 0.15) is 11.3 Å². The number of rotatable bonds is 2. The van der Waals surface area contributed by atoms with E-state index in [1.54, 1.807) is 18.2 Å². The zero-order valence-electron chi connectivity index (χ0n) is 9.24. The van der Waals surface area contributed by atoms with Crippen LogP contribution in [0.15, 0.2) is 36.4 Å². The number of benzene rings is 1. The molecule has 0 atom stereocenters. The first-order valence-electron chi connectivity index (χ1n) is 5.10. The first-order valence-corrected chi connectivity index (χ1v) is 5.48. The molecule has 2 rings (SSSR count). The minimum absolute atomic E-state index is 0.496. The number of hydrogen-bond acceptors (Lipinski definition) is 3. The van der Waals surface area contributed by atoms with Crippen LogP contribution in [0.25, 0.3) is 0 Å². The van der Waals surface area contributed by atoms with E-state index in [2.05, 4.69) is 16.4 Å². The van der Waals surface area contributed by atoms with Crippen molar-refractivity contribution in [1.29, 1.82) is 5.26 Å². The minimum Gasteiger partial charge on any atom is -0.338 e. The van der Waals surface area contributed by atoms with Crippen LogP contribution in [0, 0.1) is 18.3 Å². The highest BCUT2D eigenvalue weighted by Gasteiger charge is 2.06. The SMILES string of the molecule is Cc1ccc(C#N)c(Nc2ccccc2Cl)n1. The van der Waals surface area contributed by atoms with Gasteiger partial charge in [-0.15, -0.1) is 0 Å². The third-order valence-corrected chi connectivity index (χ3v) is 2.61. The van der Waals surface area contributed by atoms with Crippen LogP contribution >= 0.6 is 11.6 Å². The summed E-state index contributed by atoms with van der Waals surface area (Å²) >= 11 is 6.04. The Morgan fingerprint density at radius 2 is 2.00 bits per heavy atom. The van der Waals surface area contributed by atoms with Crippen molar-refractivity contribution in [3.8, 4) is 6.07 Å². The summed E-state index contributed by atoms with van der Waals surface area (Å²) in [7, 11) is 0. The highest BCUT2D eigenvalue weighted by atomic mass is 35.5. The van der Waals surface area contributed by atoms with Crippen molar-refractivity contribution >= 4 is 23.1 Å². The van der Waals surface area contributed by atoms with E-state index in [9.17, 15) is 0 Å². The molecule has 1 N–H and O–H groups in total. The Hall–Kier alpha value is -2.05. The molecule has 3 nitrogen and oxygen atoms in total. The van der Waals surface area contributed by atoms with Crippen molar-refractivity contribution in [1.82, 2.24) is 4.98 Å². The molecule has 1 aromatic heterocycles. The van der Waals surface area contributed by atoms with Crippen molar-refractivity contribution in [2.75, 3.05) is 5.32 Å². The summed E-state index contributed by atoms with van der Waals surface area (Å²) in [6.45, 7) is 1.87. The number of nitrogens with one attached hydrogen (secondary N) is 1. The molecule has 0 fully saturated rings. The Morgan fingerprint density at radius 1 is 1.24 bits per heavy atom. The minimum atomic E-state index is 0.496. The third-order valence-electron chi connectivity index (χ3n) is 2.28. The third kappa shape index (κ3) is 2.55. The molecular weight excluding hydrogens is 234 g/mol. The molecule has 0 aliphatic carbocycles. The zero-order valence-corrected chi connectivity index (χ0v) is 9.99. The molecule has 4 heteroatoms. The van der Waals surface area contributed by atoms with Crippen molar-refractivity contribution in [2.24, 2.45) is 0 Å². The molecule has 0 aliphatic heterocycles. The predicted octanol–water partition coefficient (Wildman–Crippen LogP) is 3.66. The monoisotopic (exact) mass is 243 g/mol.